The molecule has 0 spiro atoms. The van der Waals surface area contributed by atoms with Crippen molar-refractivity contribution >= 4 is 11.8 Å². The molecule has 2 rings (SSSR count). The summed E-state index contributed by atoms with van der Waals surface area (Å²) in [5.41, 5.74) is 0. The molecule has 4 nitrogen and oxygen atoms in total. The molecule has 1 aliphatic heterocycles. The van der Waals surface area contributed by atoms with E-state index in [0.29, 0.717) is 12.0 Å². The van der Waals surface area contributed by atoms with Crippen molar-refractivity contribution in [2.24, 2.45) is 5.92 Å². The first-order valence-electron chi connectivity index (χ1n) is 5.15. The Bertz CT molecular complexity index is 290. The molecule has 0 aromatic heterocycles. The van der Waals surface area contributed by atoms with Crippen molar-refractivity contribution in [3.05, 3.63) is 0 Å². The summed E-state index contributed by atoms with van der Waals surface area (Å²) < 4.78 is 0. The van der Waals surface area contributed by atoms with E-state index in [1.54, 1.807) is 18.7 Å². The van der Waals surface area contributed by atoms with Gasteiger partial charge in [-0.15, -0.1) is 0 Å². The molecule has 1 N–H and O–H groups in total. The summed E-state index contributed by atoms with van der Waals surface area (Å²) in [5.74, 6) is 0.585. The lowest BCUT2D eigenvalue weighted by Crippen LogP contribution is -2.62. The standard InChI is InChI=1S/C10H16N2O2/c1-5-4-8(5)12-7(3)9(13)11-6(2)10(12)14/h5-8H,4H2,1-3H3,(H,11,13). The molecule has 0 aromatic carbocycles. The van der Waals surface area contributed by atoms with Crippen molar-refractivity contribution < 1.29 is 9.59 Å². The SMILES string of the molecule is CC1NC(=O)C(C)N(C2CC2C)C1=O. The molecular weight excluding hydrogens is 180 g/mol. The topological polar surface area (TPSA) is 49.4 Å². The maximum absolute atomic E-state index is 11.8. The van der Waals surface area contributed by atoms with Gasteiger partial charge in [0, 0.05) is 6.04 Å². The van der Waals surface area contributed by atoms with E-state index in [2.05, 4.69) is 12.2 Å². The molecule has 14 heavy (non-hydrogen) atoms. The summed E-state index contributed by atoms with van der Waals surface area (Å²) in [5, 5.41) is 2.68. The van der Waals surface area contributed by atoms with Gasteiger partial charge in [-0.2, -0.15) is 0 Å². The van der Waals surface area contributed by atoms with Gasteiger partial charge in [0.05, 0.1) is 0 Å². The normalized spacial score (nSPS) is 42.4. The quantitative estimate of drug-likeness (QED) is 0.648. The van der Waals surface area contributed by atoms with Gasteiger partial charge in [-0.1, -0.05) is 6.92 Å². The van der Waals surface area contributed by atoms with Gasteiger partial charge in [0.15, 0.2) is 0 Å². The molecule has 2 fully saturated rings. The minimum Gasteiger partial charge on any atom is -0.343 e. The largest absolute Gasteiger partial charge is 0.343 e. The fraction of sp³-hybridized carbons (Fsp3) is 0.800. The Labute approximate surface area is 83.6 Å². The Morgan fingerprint density at radius 1 is 1.29 bits per heavy atom. The minimum absolute atomic E-state index is 0.0313. The first-order valence-corrected chi connectivity index (χ1v) is 5.15. The first kappa shape index (κ1) is 9.49. The summed E-state index contributed by atoms with van der Waals surface area (Å²) in [7, 11) is 0. The van der Waals surface area contributed by atoms with Crippen molar-refractivity contribution in [2.45, 2.75) is 45.3 Å². The van der Waals surface area contributed by atoms with Gasteiger partial charge in [0.2, 0.25) is 11.8 Å². The van der Waals surface area contributed by atoms with Gasteiger partial charge < -0.3 is 10.2 Å². The van der Waals surface area contributed by atoms with Crippen LogP contribution in [-0.4, -0.2) is 34.8 Å². The van der Waals surface area contributed by atoms with Crippen LogP contribution in [0, 0.1) is 5.92 Å². The van der Waals surface area contributed by atoms with Crippen molar-refractivity contribution in [1.82, 2.24) is 10.2 Å². The van der Waals surface area contributed by atoms with E-state index < -0.39 is 0 Å². The number of nitrogens with one attached hydrogen (secondary N) is 1. The zero-order valence-electron chi connectivity index (χ0n) is 8.78. The Hall–Kier alpha value is -1.06. The molecule has 1 aliphatic carbocycles. The van der Waals surface area contributed by atoms with Gasteiger partial charge in [0.1, 0.15) is 12.1 Å². The Morgan fingerprint density at radius 2 is 1.86 bits per heavy atom. The van der Waals surface area contributed by atoms with Crippen LogP contribution in [0.2, 0.25) is 0 Å². The van der Waals surface area contributed by atoms with E-state index in [-0.39, 0.29) is 23.9 Å². The molecule has 2 amide bonds. The second-order valence-corrected chi connectivity index (χ2v) is 4.43. The predicted octanol–water partition coefficient (Wildman–Crippen LogP) is 0.130. The van der Waals surface area contributed by atoms with Gasteiger partial charge in [-0.25, -0.2) is 0 Å². The van der Waals surface area contributed by atoms with Crippen LogP contribution in [0.4, 0.5) is 0 Å². The average Bonchev–Trinajstić information content (AvgIpc) is 2.80. The van der Waals surface area contributed by atoms with Crippen LogP contribution in [0.1, 0.15) is 27.2 Å². The van der Waals surface area contributed by atoms with Gasteiger partial charge in [-0.3, -0.25) is 9.59 Å². The van der Waals surface area contributed by atoms with Crippen LogP contribution >= 0.6 is 0 Å². The number of hydrogen-bond donors (Lipinski definition) is 1. The van der Waals surface area contributed by atoms with E-state index in [1.807, 2.05) is 0 Å². The second kappa shape index (κ2) is 2.97. The molecule has 4 atom stereocenters. The molecule has 1 saturated heterocycles. The Balaban J connectivity index is 2.18. The molecule has 78 valence electrons. The molecule has 1 saturated carbocycles. The summed E-state index contributed by atoms with van der Waals surface area (Å²) >= 11 is 0. The average molecular weight is 196 g/mol. The summed E-state index contributed by atoms with van der Waals surface area (Å²) in [6.45, 7) is 5.65. The van der Waals surface area contributed by atoms with Crippen LogP contribution < -0.4 is 5.32 Å². The van der Waals surface area contributed by atoms with Gasteiger partial charge in [0.25, 0.3) is 0 Å². The minimum atomic E-state index is -0.355. The third kappa shape index (κ3) is 1.29. The van der Waals surface area contributed by atoms with Crippen molar-refractivity contribution in [1.29, 1.82) is 0 Å². The van der Waals surface area contributed by atoms with E-state index in [0.717, 1.165) is 6.42 Å². The molecule has 0 radical (unpaired) electrons. The number of hydrogen-bond acceptors (Lipinski definition) is 2. The maximum atomic E-state index is 11.8. The number of piperazine rings is 1. The van der Waals surface area contributed by atoms with Gasteiger partial charge >= 0.3 is 0 Å². The third-order valence-electron chi connectivity index (χ3n) is 3.20. The highest BCUT2D eigenvalue weighted by atomic mass is 16.2. The van der Waals surface area contributed by atoms with Gasteiger partial charge in [-0.05, 0) is 26.2 Å². The summed E-state index contributed by atoms with van der Waals surface area (Å²) in [4.78, 5) is 25.1. The highest BCUT2D eigenvalue weighted by Gasteiger charge is 2.47. The number of nitrogens with zero attached hydrogens (tertiary/aromatic N) is 1. The number of carbonyl (C=O) groups excluding carboxylic acids is 2. The number of amides is 2. The van der Waals surface area contributed by atoms with Crippen LogP contribution in [0.3, 0.4) is 0 Å². The lowest BCUT2D eigenvalue weighted by Gasteiger charge is -2.36. The first-order chi connectivity index (χ1) is 6.52. The van der Waals surface area contributed by atoms with Crippen molar-refractivity contribution in [3.8, 4) is 0 Å². The number of carbonyl (C=O) groups is 2. The van der Waals surface area contributed by atoms with E-state index in [1.165, 1.54) is 0 Å². The lowest BCUT2D eigenvalue weighted by atomic mass is 10.1. The zero-order valence-corrected chi connectivity index (χ0v) is 8.78. The molecule has 2 aliphatic rings. The molecule has 0 bridgehead atoms. The molecule has 0 aromatic rings. The molecule has 4 unspecified atom stereocenters. The summed E-state index contributed by atoms with van der Waals surface area (Å²) in [6, 6.07) is -0.355. The molecular formula is C10H16N2O2. The van der Waals surface area contributed by atoms with Crippen LogP contribution in [0.5, 0.6) is 0 Å². The maximum Gasteiger partial charge on any atom is 0.245 e. The fourth-order valence-electron chi connectivity index (χ4n) is 2.08. The predicted molar refractivity (Wildman–Crippen MR) is 51.5 cm³/mol. The summed E-state index contributed by atoms with van der Waals surface area (Å²) in [6.07, 6.45) is 1.04. The van der Waals surface area contributed by atoms with Crippen molar-refractivity contribution in [2.75, 3.05) is 0 Å². The molecule has 4 heteroatoms. The Morgan fingerprint density at radius 3 is 2.36 bits per heavy atom. The van der Waals surface area contributed by atoms with E-state index in [9.17, 15) is 9.59 Å². The zero-order chi connectivity index (χ0) is 10.5. The van der Waals surface area contributed by atoms with Crippen LogP contribution in [0.15, 0.2) is 0 Å². The Kier molecular flexibility index (Phi) is 2.01. The van der Waals surface area contributed by atoms with Crippen LogP contribution in [-0.2, 0) is 9.59 Å². The highest BCUT2D eigenvalue weighted by Crippen LogP contribution is 2.37. The number of rotatable bonds is 1. The monoisotopic (exact) mass is 196 g/mol. The second-order valence-electron chi connectivity index (χ2n) is 4.43. The lowest BCUT2D eigenvalue weighted by molar-refractivity contribution is -0.148. The van der Waals surface area contributed by atoms with Crippen molar-refractivity contribution in [3.63, 3.8) is 0 Å². The van der Waals surface area contributed by atoms with E-state index in [4.69, 9.17) is 0 Å². The van der Waals surface area contributed by atoms with E-state index >= 15 is 0 Å². The third-order valence-corrected chi connectivity index (χ3v) is 3.20. The highest BCUT2D eigenvalue weighted by molar-refractivity contribution is 5.96. The smallest absolute Gasteiger partial charge is 0.245 e. The fourth-order valence-corrected chi connectivity index (χ4v) is 2.08. The molecule has 1 heterocycles. The van der Waals surface area contributed by atoms with Crippen LogP contribution in [0.25, 0.3) is 0 Å².